The van der Waals surface area contributed by atoms with Gasteiger partial charge in [0.1, 0.15) is 0 Å². The molecule has 0 saturated heterocycles. The van der Waals surface area contributed by atoms with Gasteiger partial charge in [0.2, 0.25) is 0 Å². The molecule has 1 N–H and O–H groups in total. The summed E-state index contributed by atoms with van der Waals surface area (Å²) in [5.74, 6) is 0. The van der Waals surface area contributed by atoms with Crippen molar-refractivity contribution in [2.24, 2.45) is 0 Å². The van der Waals surface area contributed by atoms with Crippen molar-refractivity contribution in [1.29, 1.82) is 0 Å². The van der Waals surface area contributed by atoms with E-state index in [1.807, 2.05) is 24.3 Å². The van der Waals surface area contributed by atoms with Gasteiger partial charge in [0.05, 0.1) is 0 Å². The zero-order valence-corrected chi connectivity index (χ0v) is 11.8. The molecular formula is C14H15BrN2O. The first-order valence-electron chi connectivity index (χ1n) is 5.83. The number of pyridine rings is 1. The molecule has 0 atom stereocenters. The fourth-order valence-corrected chi connectivity index (χ4v) is 2.12. The van der Waals surface area contributed by atoms with Crippen molar-refractivity contribution in [2.75, 3.05) is 11.9 Å². The molecule has 0 aliphatic rings. The van der Waals surface area contributed by atoms with E-state index < -0.39 is 0 Å². The van der Waals surface area contributed by atoms with Crippen LogP contribution < -0.4 is 10.9 Å². The van der Waals surface area contributed by atoms with Crippen molar-refractivity contribution in [1.82, 2.24) is 4.57 Å². The molecule has 0 unspecified atom stereocenters. The molecule has 0 bridgehead atoms. The van der Waals surface area contributed by atoms with Gasteiger partial charge in [0.25, 0.3) is 5.56 Å². The quantitative estimate of drug-likeness (QED) is 0.942. The number of nitrogens with zero attached hydrogens (tertiary/aromatic N) is 1. The number of aromatic nitrogens is 1. The molecule has 0 fully saturated rings. The van der Waals surface area contributed by atoms with Crippen LogP contribution in [0.3, 0.4) is 0 Å². The Bertz CT molecular complexity index is 592. The Hall–Kier alpha value is -1.55. The topological polar surface area (TPSA) is 34.0 Å². The van der Waals surface area contributed by atoms with E-state index in [-0.39, 0.29) is 5.56 Å². The fourth-order valence-electron chi connectivity index (χ4n) is 1.76. The summed E-state index contributed by atoms with van der Waals surface area (Å²) < 4.78 is 2.78. The van der Waals surface area contributed by atoms with Crippen molar-refractivity contribution >= 4 is 21.6 Å². The monoisotopic (exact) mass is 306 g/mol. The van der Waals surface area contributed by atoms with Gasteiger partial charge in [0, 0.05) is 35.5 Å². The van der Waals surface area contributed by atoms with Gasteiger partial charge in [-0.15, -0.1) is 0 Å². The molecule has 1 aromatic carbocycles. The van der Waals surface area contributed by atoms with Gasteiger partial charge in [-0.05, 0) is 30.7 Å². The Morgan fingerprint density at radius 2 is 2.06 bits per heavy atom. The highest BCUT2D eigenvalue weighted by Crippen LogP contribution is 2.23. The van der Waals surface area contributed by atoms with E-state index in [0.29, 0.717) is 6.54 Å². The summed E-state index contributed by atoms with van der Waals surface area (Å²) in [5, 5.41) is 3.34. The zero-order valence-electron chi connectivity index (χ0n) is 10.2. The molecule has 1 aromatic heterocycles. The Balaban J connectivity index is 1.99. The lowest BCUT2D eigenvalue weighted by Crippen LogP contribution is -2.22. The summed E-state index contributed by atoms with van der Waals surface area (Å²) in [7, 11) is 0. The Kier molecular flexibility index (Phi) is 4.20. The summed E-state index contributed by atoms with van der Waals surface area (Å²) in [6.45, 7) is 3.44. The molecule has 0 saturated carbocycles. The summed E-state index contributed by atoms with van der Waals surface area (Å²) in [4.78, 5) is 11.5. The maximum Gasteiger partial charge on any atom is 0.250 e. The van der Waals surface area contributed by atoms with Crippen LogP contribution in [0.1, 0.15) is 5.56 Å². The number of nitrogens with one attached hydrogen (secondary N) is 1. The molecule has 1 heterocycles. The maximum absolute atomic E-state index is 11.5. The molecule has 0 radical (unpaired) electrons. The summed E-state index contributed by atoms with van der Waals surface area (Å²) >= 11 is 3.50. The Labute approximate surface area is 115 Å². The Morgan fingerprint density at radius 1 is 1.22 bits per heavy atom. The molecule has 2 aromatic rings. The van der Waals surface area contributed by atoms with Gasteiger partial charge in [-0.3, -0.25) is 4.79 Å². The lowest BCUT2D eigenvalue weighted by atomic mass is 10.2. The second kappa shape index (κ2) is 5.87. The minimum Gasteiger partial charge on any atom is -0.383 e. The van der Waals surface area contributed by atoms with Crippen molar-refractivity contribution in [2.45, 2.75) is 13.5 Å². The van der Waals surface area contributed by atoms with Crippen molar-refractivity contribution in [3.63, 3.8) is 0 Å². The summed E-state index contributed by atoms with van der Waals surface area (Å²) in [6.07, 6.45) is 1.80. The average molecular weight is 307 g/mol. The van der Waals surface area contributed by atoms with Crippen LogP contribution in [0.2, 0.25) is 0 Å². The van der Waals surface area contributed by atoms with E-state index in [1.165, 1.54) is 5.56 Å². The van der Waals surface area contributed by atoms with Crippen molar-refractivity contribution < 1.29 is 0 Å². The largest absolute Gasteiger partial charge is 0.383 e. The van der Waals surface area contributed by atoms with Crippen molar-refractivity contribution in [3.05, 3.63) is 63.0 Å². The van der Waals surface area contributed by atoms with Crippen LogP contribution in [0.4, 0.5) is 5.69 Å². The molecule has 3 nitrogen and oxygen atoms in total. The molecule has 94 valence electrons. The highest BCUT2D eigenvalue weighted by molar-refractivity contribution is 9.10. The second-order valence-electron chi connectivity index (χ2n) is 4.07. The molecule has 0 spiro atoms. The predicted molar refractivity (Wildman–Crippen MR) is 78.1 cm³/mol. The number of halogens is 1. The lowest BCUT2D eigenvalue weighted by Gasteiger charge is -2.11. The first-order chi connectivity index (χ1) is 8.68. The van der Waals surface area contributed by atoms with E-state index in [4.69, 9.17) is 0 Å². The number of anilines is 1. The third-order valence-corrected chi connectivity index (χ3v) is 3.69. The standard InChI is InChI=1S/C14H15BrN2O/c1-11-12(15)5-4-6-13(11)16-8-10-17-9-3-2-7-14(17)18/h2-7,9,16H,8,10H2,1H3. The van der Waals surface area contributed by atoms with E-state index in [9.17, 15) is 4.79 Å². The summed E-state index contributed by atoms with van der Waals surface area (Å²) in [5.41, 5.74) is 2.30. The van der Waals surface area contributed by atoms with E-state index in [2.05, 4.69) is 28.2 Å². The Morgan fingerprint density at radius 3 is 2.83 bits per heavy atom. The van der Waals surface area contributed by atoms with Crippen LogP contribution >= 0.6 is 15.9 Å². The lowest BCUT2D eigenvalue weighted by molar-refractivity contribution is 0.697. The van der Waals surface area contributed by atoms with Crippen LogP contribution in [-0.4, -0.2) is 11.1 Å². The molecule has 2 rings (SSSR count). The molecule has 0 aliphatic heterocycles. The minimum absolute atomic E-state index is 0.0327. The van der Waals surface area contributed by atoms with Crippen LogP contribution in [0.25, 0.3) is 0 Å². The smallest absolute Gasteiger partial charge is 0.250 e. The van der Waals surface area contributed by atoms with Crippen LogP contribution in [0.5, 0.6) is 0 Å². The van der Waals surface area contributed by atoms with Crippen LogP contribution in [0, 0.1) is 6.92 Å². The number of benzene rings is 1. The number of hydrogen-bond acceptors (Lipinski definition) is 2. The fraction of sp³-hybridized carbons (Fsp3) is 0.214. The third kappa shape index (κ3) is 3.01. The summed E-state index contributed by atoms with van der Waals surface area (Å²) in [6, 6.07) is 11.2. The van der Waals surface area contributed by atoms with Gasteiger partial charge in [-0.25, -0.2) is 0 Å². The van der Waals surface area contributed by atoms with Crippen LogP contribution in [-0.2, 0) is 6.54 Å². The van der Waals surface area contributed by atoms with E-state index >= 15 is 0 Å². The molecule has 18 heavy (non-hydrogen) atoms. The molecule has 0 aliphatic carbocycles. The van der Waals surface area contributed by atoms with Gasteiger partial charge in [-0.1, -0.05) is 28.1 Å². The zero-order chi connectivity index (χ0) is 13.0. The molecular weight excluding hydrogens is 292 g/mol. The molecule has 0 amide bonds. The maximum atomic E-state index is 11.5. The van der Waals surface area contributed by atoms with Gasteiger partial charge in [-0.2, -0.15) is 0 Å². The van der Waals surface area contributed by atoms with Gasteiger partial charge < -0.3 is 9.88 Å². The second-order valence-corrected chi connectivity index (χ2v) is 4.93. The average Bonchev–Trinajstić information content (AvgIpc) is 2.37. The highest BCUT2D eigenvalue weighted by Gasteiger charge is 2.00. The minimum atomic E-state index is 0.0327. The van der Waals surface area contributed by atoms with E-state index in [0.717, 1.165) is 16.7 Å². The van der Waals surface area contributed by atoms with Crippen molar-refractivity contribution in [3.8, 4) is 0 Å². The molecule has 4 heteroatoms. The van der Waals surface area contributed by atoms with Gasteiger partial charge in [0.15, 0.2) is 0 Å². The first-order valence-corrected chi connectivity index (χ1v) is 6.62. The van der Waals surface area contributed by atoms with Gasteiger partial charge >= 0.3 is 0 Å². The number of rotatable bonds is 4. The normalized spacial score (nSPS) is 10.3. The third-order valence-electron chi connectivity index (χ3n) is 2.83. The van der Waals surface area contributed by atoms with Crippen LogP contribution in [0.15, 0.2) is 51.9 Å². The predicted octanol–water partition coefficient (Wildman–Crippen LogP) is 3.03. The van der Waals surface area contributed by atoms with E-state index in [1.54, 1.807) is 22.9 Å². The number of hydrogen-bond donors (Lipinski definition) is 1. The first kappa shape index (κ1) is 12.9. The SMILES string of the molecule is Cc1c(Br)cccc1NCCn1ccccc1=O. The highest BCUT2D eigenvalue weighted by atomic mass is 79.9.